The van der Waals surface area contributed by atoms with Gasteiger partial charge in [0, 0.05) is 6.61 Å². The van der Waals surface area contributed by atoms with Crippen molar-refractivity contribution in [1.29, 1.82) is 0 Å². The first-order valence-corrected chi connectivity index (χ1v) is 4.37. The molecule has 88 valence electrons. The van der Waals surface area contributed by atoms with Crippen molar-refractivity contribution in [2.75, 3.05) is 6.61 Å². The second-order valence-corrected chi connectivity index (χ2v) is 3.06. The maximum atomic E-state index is 12.0. The van der Waals surface area contributed by atoms with Gasteiger partial charge in [-0.05, 0) is 19.8 Å². The number of esters is 1. The van der Waals surface area contributed by atoms with Crippen molar-refractivity contribution >= 4 is 5.97 Å². The molecule has 0 spiro atoms. The molecular formula is C9H13F3O3. The van der Waals surface area contributed by atoms with Gasteiger partial charge in [0.25, 0.3) is 0 Å². The van der Waals surface area contributed by atoms with E-state index in [4.69, 9.17) is 5.11 Å². The van der Waals surface area contributed by atoms with Crippen LogP contribution in [0.3, 0.4) is 0 Å². The maximum Gasteiger partial charge on any atom is 0.422 e. The van der Waals surface area contributed by atoms with Crippen molar-refractivity contribution in [2.45, 2.75) is 32.0 Å². The van der Waals surface area contributed by atoms with Gasteiger partial charge in [0.15, 0.2) is 0 Å². The van der Waals surface area contributed by atoms with E-state index in [1.807, 2.05) is 0 Å². The Hall–Kier alpha value is -1.04. The van der Waals surface area contributed by atoms with E-state index in [0.717, 1.165) is 0 Å². The maximum absolute atomic E-state index is 12.0. The third-order valence-corrected chi connectivity index (χ3v) is 1.67. The molecule has 0 bridgehead atoms. The average molecular weight is 226 g/mol. The van der Waals surface area contributed by atoms with Crippen LogP contribution in [0.15, 0.2) is 12.2 Å². The molecule has 0 saturated heterocycles. The zero-order valence-electron chi connectivity index (χ0n) is 8.30. The average Bonchev–Trinajstić information content (AvgIpc) is 2.11. The molecule has 1 unspecified atom stereocenters. The molecule has 0 radical (unpaired) electrons. The number of ether oxygens (including phenoxy) is 1. The lowest BCUT2D eigenvalue weighted by Gasteiger charge is -2.14. The summed E-state index contributed by atoms with van der Waals surface area (Å²) in [5, 5.41) is 8.45. The number of carbonyl (C=O) groups is 1. The van der Waals surface area contributed by atoms with Crippen LogP contribution in [0, 0.1) is 0 Å². The Balaban J connectivity index is 4.08. The van der Waals surface area contributed by atoms with Crippen molar-refractivity contribution in [2.24, 2.45) is 0 Å². The van der Waals surface area contributed by atoms with Crippen molar-refractivity contribution in [3.8, 4) is 0 Å². The molecule has 15 heavy (non-hydrogen) atoms. The number of aliphatic hydroxyl groups is 1. The van der Waals surface area contributed by atoms with Gasteiger partial charge in [-0.2, -0.15) is 13.2 Å². The summed E-state index contributed by atoms with van der Waals surface area (Å²) in [4.78, 5) is 10.9. The number of aliphatic hydroxyl groups excluding tert-OH is 1. The molecule has 0 fully saturated rings. The van der Waals surface area contributed by atoms with Crippen LogP contribution in [0.5, 0.6) is 0 Å². The highest BCUT2D eigenvalue weighted by atomic mass is 19.4. The van der Waals surface area contributed by atoms with Crippen molar-refractivity contribution in [3.05, 3.63) is 12.2 Å². The lowest BCUT2D eigenvalue weighted by Crippen LogP contribution is -2.24. The third kappa shape index (κ3) is 5.41. The number of alkyl halides is 3. The van der Waals surface area contributed by atoms with Gasteiger partial charge in [-0.1, -0.05) is 6.58 Å². The molecule has 0 aliphatic rings. The summed E-state index contributed by atoms with van der Waals surface area (Å²) in [7, 11) is 0. The van der Waals surface area contributed by atoms with Gasteiger partial charge in [-0.25, -0.2) is 4.79 Å². The Morgan fingerprint density at radius 2 is 2.07 bits per heavy atom. The summed E-state index contributed by atoms with van der Waals surface area (Å²) in [6.45, 7) is 3.97. The molecule has 3 nitrogen and oxygen atoms in total. The predicted molar refractivity (Wildman–Crippen MR) is 47.1 cm³/mol. The van der Waals surface area contributed by atoms with Gasteiger partial charge in [0.2, 0.25) is 0 Å². The molecule has 0 saturated carbocycles. The summed E-state index contributed by atoms with van der Waals surface area (Å²) in [5.41, 5.74) is -1.52. The van der Waals surface area contributed by atoms with Crippen LogP contribution in [0.4, 0.5) is 13.2 Å². The van der Waals surface area contributed by atoms with Crippen LogP contribution in [0.2, 0.25) is 0 Å². The van der Waals surface area contributed by atoms with Gasteiger partial charge in [-0.3, -0.25) is 0 Å². The van der Waals surface area contributed by atoms with Gasteiger partial charge in [-0.15, -0.1) is 0 Å². The Labute approximate surface area is 85.5 Å². The minimum atomic E-state index is -4.76. The second kappa shape index (κ2) is 5.75. The standard InChI is InChI=1S/C9H13F3O3/c1-6(4-3-5-13)15-8(14)7(2)9(10,11)12/h6,13H,2-5H2,1H3. The van der Waals surface area contributed by atoms with Crippen LogP contribution in [-0.2, 0) is 9.53 Å². The topological polar surface area (TPSA) is 46.5 Å². The first kappa shape index (κ1) is 14.0. The van der Waals surface area contributed by atoms with E-state index in [1.54, 1.807) is 0 Å². The number of carbonyl (C=O) groups excluding carboxylic acids is 1. The first-order valence-electron chi connectivity index (χ1n) is 4.37. The number of halogens is 3. The molecule has 0 amide bonds. The number of rotatable bonds is 5. The van der Waals surface area contributed by atoms with E-state index in [9.17, 15) is 18.0 Å². The third-order valence-electron chi connectivity index (χ3n) is 1.67. The van der Waals surface area contributed by atoms with Gasteiger partial charge in [0.05, 0.1) is 6.10 Å². The highest BCUT2D eigenvalue weighted by molar-refractivity contribution is 5.89. The van der Waals surface area contributed by atoms with E-state index in [0.29, 0.717) is 12.8 Å². The quantitative estimate of drug-likeness (QED) is 0.574. The van der Waals surface area contributed by atoms with Gasteiger partial charge in [0.1, 0.15) is 5.57 Å². The summed E-state index contributed by atoms with van der Waals surface area (Å²) in [5.74, 6) is -1.46. The molecule has 0 heterocycles. The number of hydrogen-bond acceptors (Lipinski definition) is 3. The Bertz CT molecular complexity index is 235. The van der Waals surface area contributed by atoms with Crippen LogP contribution >= 0.6 is 0 Å². The molecule has 1 N–H and O–H groups in total. The fourth-order valence-electron chi connectivity index (χ4n) is 0.807. The normalized spacial score (nSPS) is 13.4. The molecule has 0 aliphatic carbocycles. The number of hydrogen-bond donors (Lipinski definition) is 1. The molecule has 0 aromatic carbocycles. The molecule has 0 aromatic heterocycles. The van der Waals surface area contributed by atoms with Crippen molar-refractivity contribution in [1.82, 2.24) is 0 Å². The van der Waals surface area contributed by atoms with E-state index in [2.05, 4.69) is 11.3 Å². The predicted octanol–water partition coefficient (Wildman–Crippen LogP) is 1.81. The zero-order chi connectivity index (χ0) is 12.1. The summed E-state index contributed by atoms with van der Waals surface area (Å²) in [6.07, 6.45) is -4.74. The lowest BCUT2D eigenvalue weighted by atomic mass is 10.2. The summed E-state index contributed by atoms with van der Waals surface area (Å²) in [6, 6.07) is 0. The highest BCUT2D eigenvalue weighted by Crippen LogP contribution is 2.25. The van der Waals surface area contributed by atoms with Crippen molar-refractivity contribution in [3.63, 3.8) is 0 Å². The smallest absolute Gasteiger partial charge is 0.422 e. The van der Waals surface area contributed by atoms with Crippen molar-refractivity contribution < 1.29 is 27.8 Å². The minimum absolute atomic E-state index is 0.0951. The summed E-state index contributed by atoms with van der Waals surface area (Å²) < 4.78 is 40.4. The second-order valence-electron chi connectivity index (χ2n) is 3.06. The molecule has 1 atom stereocenters. The molecule has 6 heteroatoms. The monoisotopic (exact) mass is 226 g/mol. The van der Waals surface area contributed by atoms with Crippen LogP contribution in [0.25, 0.3) is 0 Å². The Morgan fingerprint density at radius 3 is 2.47 bits per heavy atom. The largest absolute Gasteiger partial charge is 0.459 e. The van der Waals surface area contributed by atoms with E-state index in [1.165, 1.54) is 6.92 Å². The van der Waals surface area contributed by atoms with E-state index < -0.39 is 23.8 Å². The Kier molecular flexibility index (Phi) is 5.35. The lowest BCUT2D eigenvalue weighted by molar-refractivity contribution is -0.155. The summed E-state index contributed by atoms with van der Waals surface area (Å²) >= 11 is 0. The van der Waals surface area contributed by atoms with E-state index in [-0.39, 0.29) is 6.61 Å². The van der Waals surface area contributed by atoms with Crippen LogP contribution in [0.1, 0.15) is 19.8 Å². The zero-order valence-corrected chi connectivity index (χ0v) is 8.30. The van der Waals surface area contributed by atoms with Crippen LogP contribution < -0.4 is 0 Å². The van der Waals surface area contributed by atoms with E-state index >= 15 is 0 Å². The van der Waals surface area contributed by atoms with Gasteiger partial charge >= 0.3 is 12.1 Å². The Morgan fingerprint density at radius 1 is 1.53 bits per heavy atom. The minimum Gasteiger partial charge on any atom is -0.459 e. The van der Waals surface area contributed by atoms with Crippen LogP contribution in [-0.4, -0.2) is 30.0 Å². The molecular weight excluding hydrogens is 213 g/mol. The molecule has 0 aliphatic heterocycles. The molecule has 0 aromatic rings. The highest BCUT2D eigenvalue weighted by Gasteiger charge is 2.38. The SMILES string of the molecule is C=C(C(=O)OC(C)CCCO)C(F)(F)F. The van der Waals surface area contributed by atoms with Gasteiger partial charge < -0.3 is 9.84 Å². The fourth-order valence-corrected chi connectivity index (χ4v) is 0.807. The first-order chi connectivity index (χ1) is 6.79. The fraction of sp³-hybridized carbons (Fsp3) is 0.667. The molecule has 0 rings (SSSR count).